The molecule has 22 heavy (non-hydrogen) atoms. The summed E-state index contributed by atoms with van der Waals surface area (Å²) >= 11 is 3.28. The Bertz CT molecular complexity index is 689. The average Bonchev–Trinajstić information content (AvgIpc) is 2.50. The monoisotopic (exact) mass is 362 g/mol. The Morgan fingerprint density at radius 1 is 1.09 bits per heavy atom. The van der Waals surface area contributed by atoms with Gasteiger partial charge in [-0.05, 0) is 42.8 Å². The zero-order chi connectivity index (χ0) is 15.9. The Labute approximate surface area is 136 Å². The van der Waals surface area contributed by atoms with Crippen molar-refractivity contribution in [2.24, 2.45) is 0 Å². The van der Waals surface area contributed by atoms with Crippen LogP contribution in [0.2, 0.25) is 0 Å². The molecule has 0 aliphatic heterocycles. The number of rotatable bonds is 4. The molecule has 2 rings (SSSR count). The molecule has 0 bridgehead atoms. The van der Waals surface area contributed by atoms with Crippen molar-refractivity contribution in [2.75, 3.05) is 6.61 Å². The van der Waals surface area contributed by atoms with Crippen LogP contribution in [0.4, 0.5) is 0 Å². The first-order valence-corrected chi connectivity index (χ1v) is 7.38. The summed E-state index contributed by atoms with van der Waals surface area (Å²) in [5.41, 5.74) is 6.12. The van der Waals surface area contributed by atoms with E-state index in [-0.39, 0.29) is 6.61 Å². The van der Waals surface area contributed by atoms with E-state index in [2.05, 4.69) is 26.8 Å². The van der Waals surface area contributed by atoms with Crippen LogP contribution < -0.4 is 15.6 Å². The minimum Gasteiger partial charge on any atom is -0.484 e. The molecule has 2 amide bonds. The van der Waals surface area contributed by atoms with E-state index in [9.17, 15) is 9.59 Å². The fraction of sp³-hybridized carbons (Fsp3) is 0.125. The third-order valence-electron chi connectivity index (χ3n) is 2.76. The number of amides is 2. The van der Waals surface area contributed by atoms with Gasteiger partial charge in [-0.15, -0.1) is 0 Å². The molecule has 0 spiro atoms. The third-order valence-corrected chi connectivity index (χ3v) is 3.25. The zero-order valence-electron chi connectivity index (χ0n) is 11.9. The van der Waals surface area contributed by atoms with Gasteiger partial charge in [-0.25, -0.2) is 0 Å². The first kappa shape index (κ1) is 16.0. The summed E-state index contributed by atoms with van der Waals surface area (Å²) in [5.74, 6) is -0.233. The fourth-order valence-electron chi connectivity index (χ4n) is 1.72. The van der Waals surface area contributed by atoms with Gasteiger partial charge in [0.25, 0.3) is 11.8 Å². The van der Waals surface area contributed by atoms with E-state index < -0.39 is 11.8 Å². The van der Waals surface area contributed by atoms with Crippen LogP contribution in [0, 0.1) is 6.92 Å². The molecule has 2 aromatic rings. The second kappa shape index (κ2) is 7.61. The Balaban J connectivity index is 1.79. The van der Waals surface area contributed by atoms with Crippen LogP contribution in [0.15, 0.2) is 53.0 Å². The van der Waals surface area contributed by atoms with Crippen LogP contribution in [0.1, 0.15) is 15.9 Å². The van der Waals surface area contributed by atoms with Gasteiger partial charge in [-0.3, -0.25) is 20.4 Å². The summed E-state index contributed by atoms with van der Waals surface area (Å²) in [6.07, 6.45) is 0. The molecule has 2 aromatic carbocycles. The standard InChI is InChI=1S/C16H15BrN2O3/c1-11-4-2-7-14(8-11)22-10-15(20)18-19-16(21)12-5-3-6-13(17)9-12/h2-9H,10H2,1H3,(H,18,20)(H,19,21). The molecule has 0 saturated carbocycles. The number of carbonyl (C=O) groups is 2. The molecule has 0 aliphatic rings. The normalized spacial score (nSPS) is 9.91. The minimum absolute atomic E-state index is 0.178. The molecular weight excluding hydrogens is 348 g/mol. The minimum atomic E-state index is -0.440. The lowest BCUT2D eigenvalue weighted by atomic mass is 10.2. The largest absolute Gasteiger partial charge is 0.484 e. The number of nitrogens with one attached hydrogen (secondary N) is 2. The lowest BCUT2D eigenvalue weighted by Gasteiger charge is -2.09. The van der Waals surface area contributed by atoms with Crippen molar-refractivity contribution in [3.63, 3.8) is 0 Å². The molecule has 0 aliphatic carbocycles. The highest BCUT2D eigenvalue weighted by atomic mass is 79.9. The van der Waals surface area contributed by atoms with E-state index in [0.29, 0.717) is 11.3 Å². The maximum absolute atomic E-state index is 11.8. The summed E-state index contributed by atoms with van der Waals surface area (Å²) in [6.45, 7) is 1.76. The van der Waals surface area contributed by atoms with Crippen LogP contribution in [0.5, 0.6) is 5.75 Å². The smallest absolute Gasteiger partial charge is 0.276 e. The van der Waals surface area contributed by atoms with Gasteiger partial charge >= 0.3 is 0 Å². The molecule has 2 N–H and O–H groups in total. The number of hydrazine groups is 1. The summed E-state index contributed by atoms with van der Waals surface area (Å²) < 4.78 is 6.12. The van der Waals surface area contributed by atoms with Crippen LogP contribution in [0.3, 0.4) is 0 Å². The van der Waals surface area contributed by atoms with Crippen molar-refractivity contribution in [2.45, 2.75) is 6.92 Å². The molecule has 5 nitrogen and oxygen atoms in total. The van der Waals surface area contributed by atoms with Crippen molar-refractivity contribution in [3.8, 4) is 5.75 Å². The SMILES string of the molecule is Cc1cccc(OCC(=O)NNC(=O)c2cccc(Br)c2)c1. The van der Waals surface area contributed by atoms with E-state index in [1.807, 2.05) is 31.2 Å². The van der Waals surface area contributed by atoms with Crippen molar-refractivity contribution >= 4 is 27.7 Å². The zero-order valence-corrected chi connectivity index (χ0v) is 13.5. The molecule has 114 valence electrons. The number of benzene rings is 2. The first-order chi connectivity index (χ1) is 10.5. The van der Waals surface area contributed by atoms with Gasteiger partial charge in [-0.2, -0.15) is 0 Å². The maximum atomic E-state index is 11.8. The molecule has 0 fully saturated rings. The van der Waals surface area contributed by atoms with Gasteiger partial charge in [0.05, 0.1) is 0 Å². The molecular formula is C16H15BrN2O3. The number of hydrogen-bond donors (Lipinski definition) is 2. The van der Waals surface area contributed by atoms with Gasteiger partial charge < -0.3 is 4.74 Å². The summed E-state index contributed by atoms with van der Waals surface area (Å²) in [7, 11) is 0. The highest BCUT2D eigenvalue weighted by Crippen LogP contribution is 2.12. The van der Waals surface area contributed by atoms with Gasteiger partial charge in [0.1, 0.15) is 5.75 Å². The molecule has 6 heteroatoms. The van der Waals surface area contributed by atoms with Gasteiger partial charge in [0.2, 0.25) is 0 Å². The molecule has 0 radical (unpaired) electrons. The third kappa shape index (κ3) is 4.89. The summed E-state index contributed by atoms with van der Waals surface area (Å²) in [5, 5.41) is 0. The van der Waals surface area contributed by atoms with Crippen molar-refractivity contribution < 1.29 is 14.3 Å². The predicted molar refractivity (Wildman–Crippen MR) is 86.4 cm³/mol. The van der Waals surface area contributed by atoms with Crippen LogP contribution in [0.25, 0.3) is 0 Å². The number of carbonyl (C=O) groups excluding carboxylic acids is 2. The first-order valence-electron chi connectivity index (χ1n) is 6.59. The molecule has 0 aromatic heterocycles. The van der Waals surface area contributed by atoms with E-state index in [0.717, 1.165) is 10.0 Å². The predicted octanol–water partition coefficient (Wildman–Crippen LogP) is 2.60. The van der Waals surface area contributed by atoms with Gasteiger partial charge in [-0.1, -0.05) is 34.1 Å². The van der Waals surface area contributed by atoms with Crippen LogP contribution in [-0.2, 0) is 4.79 Å². The molecule has 0 saturated heterocycles. The van der Waals surface area contributed by atoms with Crippen LogP contribution in [-0.4, -0.2) is 18.4 Å². The summed E-state index contributed by atoms with van der Waals surface area (Å²) in [4.78, 5) is 23.5. The van der Waals surface area contributed by atoms with E-state index in [1.54, 1.807) is 24.3 Å². The lowest BCUT2D eigenvalue weighted by molar-refractivity contribution is -0.123. The quantitative estimate of drug-likeness (QED) is 0.821. The Hall–Kier alpha value is -2.34. The molecule has 0 atom stereocenters. The fourth-order valence-corrected chi connectivity index (χ4v) is 2.12. The average molecular weight is 363 g/mol. The van der Waals surface area contributed by atoms with E-state index >= 15 is 0 Å². The molecule has 0 unspecified atom stereocenters. The number of halogens is 1. The topological polar surface area (TPSA) is 67.4 Å². The lowest BCUT2D eigenvalue weighted by Crippen LogP contribution is -2.43. The Morgan fingerprint density at radius 2 is 1.86 bits per heavy atom. The van der Waals surface area contributed by atoms with E-state index in [1.165, 1.54) is 0 Å². The molecule has 0 heterocycles. The van der Waals surface area contributed by atoms with Crippen molar-refractivity contribution in [1.29, 1.82) is 0 Å². The second-order valence-corrected chi connectivity index (χ2v) is 5.53. The van der Waals surface area contributed by atoms with Crippen molar-refractivity contribution in [1.82, 2.24) is 10.9 Å². The number of ether oxygens (including phenoxy) is 1. The Kier molecular flexibility index (Phi) is 5.55. The maximum Gasteiger partial charge on any atom is 0.276 e. The Morgan fingerprint density at radius 3 is 2.59 bits per heavy atom. The summed E-state index contributed by atoms with van der Waals surface area (Å²) in [6, 6.07) is 14.2. The number of aryl methyl sites for hydroxylation is 1. The van der Waals surface area contributed by atoms with Gasteiger partial charge in [0, 0.05) is 10.0 Å². The van der Waals surface area contributed by atoms with Crippen LogP contribution >= 0.6 is 15.9 Å². The van der Waals surface area contributed by atoms with Crippen molar-refractivity contribution in [3.05, 3.63) is 64.1 Å². The highest BCUT2D eigenvalue weighted by molar-refractivity contribution is 9.10. The van der Waals surface area contributed by atoms with Gasteiger partial charge in [0.15, 0.2) is 6.61 Å². The second-order valence-electron chi connectivity index (χ2n) is 4.62. The highest BCUT2D eigenvalue weighted by Gasteiger charge is 2.08. The number of hydrogen-bond acceptors (Lipinski definition) is 3. The van der Waals surface area contributed by atoms with E-state index in [4.69, 9.17) is 4.74 Å².